The number of likely N-dealkylation sites (tertiary alicyclic amines) is 1. The Bertz CT molecular complexity index is 1160. The van der Waals surface area contributed by atoms with Crippen molar-refractivity contribution in [1.82, 2.24) is 15.5 Å². The summed E-state index contributed by atoms with van der Waals surface area (Å²) < 4.78 is 6.64. The molecule has 5 rings (SSSR count). The second kappa shape index (κ2) is 9.91. The van der Waals surface area contributed by atoms with Crippen molar-refractivity contribution in [3.63, 3.8) is 0 Å². The molecule has 2 bridgehead atoms. The molecule has 3 aliphatic heterocycles. The van der Waals surface area contributed by atoms with E-state index < -0.39 is 35.1 Å². The van der Waals surface area contributed by atoms with Gasteiger partial charge in [0.1, 0.15) is 11.6 Å². The number of amides is 3. The highest BCUT2D eigenvalue weighted by atomic mass is 16.5. The summed E-state index contributed by atoms with van der Waals surface area (Å²) in [5.74, 6) is -2.37. The van der Waals surface area contributed by atoms with Gasteiger partial charge in [-0.05, 0) is 37.3 Å². The highest BCUT2D eigenvalue weighted by Gasteiger charge is 2.78. The van der Waals surface area contributed by atoms with Gasteiger partial charge in [-0.2, -0.15) is 0 Å². The van der Waals surface area contributed by atoms with E-state index in [2.05, 4.69) is 10.6 Å². The van der Waals surface area contributed by atoms with E-state index in [0.29, 0.717) is 25.9 Å². The van der Waals surface area contributed by atoms with Crippen molar-refractivity contribution in [1.29, 1.82) is 0 Å². The maximum atomic E-state index is 14.2. The molecule has 3 heterocycles. The molecule has 0 radical (unpaired) electrons. The van der Waals surface area contributed by atoms with Gasteiger partial charge in [-0.3, -0.25) is 14.4 Å². The Morgan fingerprint density at radius 3 is 2.38 bits per heavy atom. The number of aliphatic hydroxyl groups is 1. The summed E-state index contributed by atoms with van der Waals surface area (Å²) >= 11 is 0. The number of aliphatic hydroxyl groups excluding tert-OH is 1. The number of hydrogen-bond acceptors (Lipinski definition) is 5. The first-order chi connectivity index (χ1) is 17.9. The first kappa shape index (κ1) is 25.4. The van der Waals surface area contributed by atoms with E-state index in [0.717, 1.165) is 17.5 Å². The van der Waals surface area contributed by atoms with Gasteiger partial charge in [0.2, 0.25) is 17.7 Å². The van der Waals surface area contributed by atoms with E-state index in [1.165, 1.54) is 4.90 Å². The van der Waals surface area contributed by atoms with E-state index in [1.807, 2.05) is 74.5 Å². The second-order valence-corrected chi connectivity index (χ2v) is 10.6. The summed E-state index contributed by atoms with van der Waals surface area (Å²) in [6.07, 6.45) is 1.84. The van der Waals surface area contributed by atoms with Gasteiger partial charge in [-0.15, -0.1) is 0 Å². The Kier molecular flexibility index (Phi) is 6.81. The van der Waals surface area contributed by atoms with Crippen LogP contribution in [0.15, 0.2) is 60.7 Å². The van der Waals surface area contributed by atoms with Crippen molar-refractivity contribution in [2.45, 2.75) is 62.9 Å². The smallest absolute Gasteiger partial charge is 0.246 e. The van der Waals surface area contributed by atoms with Crippen LogP contribution in [0.5, 0.6) is 0 Å². The Hall–Kier alpha value is -3.23. The normalized spacial score (nSPS) is 30.7. The first-order valence-corrected chi connectivity index (χ1v) is 13.1. The minimum Gasteiger partial charge on any atom is -0.394 e. The number of hydrogen-bond donors (Lipinski definition) is 3. The lowest BCUT2D eigenvalue weighted by atomic mass is 9.66. The molecule has 2 aromatic rings. The third-order valence-electron chi connectivity index (χ3n) is 8.30. The molecule has 196 valence electrons. The van der Waals surface area contributed by atoms with Crippen LogP contribution in [0.25, 0.3) is 0 Å². The van der Waals surface area contributed by atoms with E-state index >= 15 is 0 Å². The minimum absolute atomic E-state index is 0.213. The van der Waals surface area contributed by atoms with Crippen LogP contribution in [-0.2, 0) is 25.7 Å². The van der Waals surface area contributed by atoms with Crippen LogP contribution in [0.4, 0.5) is 0 Å². The number of rotatable bonds is 9. The van der Waals surface area contributed by atoms with Crippen LogP contribution in [0.2, 0.25) is 0 Å². The molecule has 6 atom stereocenters. The number of carbonyl (C=O) groups excluding carboxylic acids is 3. The quantitative estimate of drug-likeness (QED) is 0.485. The molecule has 8 nitrogen and oxygen atoms in total. The molecule has 3 aliphatic rings. The average molecular weight is 506 g/mol. The predicted octanol–water partition coefficient (Wildman–Crippen LogP) is 2.33. The highest BCUT2D eigenvalue weighted by molar-refractivity contribution is 5.99. The number of nitrogens with one attached hydrogen (secondary N) is 2. The van der Waals surface area contributed by atoms with Crippen molar-refractivity contribution in [3.8, 4) is 0 Å². The molecule has 2 unspecified atom stereocenters. The van der Waals surface area contributed by atoms with Gasteiger partial charge in [-0.25, -0.2) is 0 Å². The number of fused-ring (bicyclic) bond motifs is 1. The van der Waals surface area contributed by atoms with Gasteiger partial charge in [-0.1, -0.05) is 67.6 Å². The molecule has 8 heteroatoms. The Morgan fingerprint density at radius 1 is 1.05 bits per heavy atom. The van der Waals surface area contributed by atoms with Crippen molar-refractivity contribution < 1.29 is 24.2 Å². The largest absolute Gasteiger partial charge is 0.394 e. The lowest BCUT2D eigenvalue weighted by Crippen LogP contribution is -2.56. The number of ether oxygens (including phenoxy) is 1. The topological polar surface area (TPSA) is 108 Å². The summed E-state index contributed by atoms with van der Waals surface area (Å²) in [5, 5.41) is 16.5. The molecule has 3 fully saturated rings. The number of carbonyl (C=O) groups is 3. The van der Waals surface area contributed by atoms with Gasteiger partial charge >= 0.3 is 0 Å². The van der Waals surface area contributed by atoms with E-state index in [-0.39, 0.29) is 24.3 Å². The van der Waals surface area contributed by atoms with Gasteiger partial charge in [0, 0.05) is 13.1 Å². The van der Waals surface area contributed by atoms with Crippen molar-refractivity contribution in [2.24, 2.45) is 11.8 Å². The summed E-state index contributed by atoms with van der Waals surface area (Å²) in [6.45, 7) is 4.31. The molecule has 0 aliphatic carbocycles. The molecule has 37 heavy (non-hydrogen) atoms. The van der Waals surface area contributed by atoms with Crippen LogP contribution in [0.3, 0.4) is 0 Å². The Morgan fingerprint density at radius 2 is 1.73 bits per heavy atom. The van der Waals surface area contributed by atoms with E-state index in [1.54, 1.807) is 0 Å². The zero-order valence-electron chi connectivity index (χ0n) is 21.4. The number of benzene rings is 2. The van der Waals surface area contributed by atoms with Gasteiger partial charge < -0.3 is 25.4 Å². The lowest BCUT2D eigenvalue weighted by molar-refractivity contribution is -0.150. The monoisotopic (exact) mass is 505 g/mol. The molecule has 2 aromatic carbocycles. The molecule has 3 N–H and O–H groups in total. The van der Waals surface area contributed by atoms with Crippen molar-refractivity contribution in [2.75, 3.05) is 13.2 Å². The zero-order chi connectivity index (χ0) is 26.2. The fourth-order valence-electron chi connectivity index (χ4n) is 6.67. The summed E-state index contributed by atoms with van der Waals surface area (Å²) in [4.78, 5) is 43.0. The summed E-state index contributed by atoms with van der Waals surface area (Å²) in [6, 6.07) is 17.1. The van der Waals surface area contributed by atoms with Crippen LogP contribution >= 0.6 is 0 Å². The molecule has 1 spiro atoms. The summed E-state index contributed by atoms with van der Waals surface area (Å²) in [7, 11) is 0. The molecule has 3 saturated heterocycles. The molecule has 0 aromatic heterocycles. The maximum Gasteiger partial charge on any atom is 0.246 e. The predicted molar refractivity (Wildman–Crippen MR) is 137 cm³/mol. The first-order valence-electron chi connectivity index (χ1n) is 13.1. The fraction of sp³-hybridized carbons (Fsp3) is 0.483. The third-order valence-corrected chi connectivity index (χ3v) is 8.30. The molecular formula is C29H35N3O5. The molecular weight excluding hydrogens is 470 g/mol. The Labute approximate surface area is 217 Å². The van der Waals surface area contributed by atoms with Crippen LogP contribution in [0.1, 0.15) is 50.3 Å². The minimum atomic E-state index is -1.14. The average Bonchev–Trinajstić information content (AvgIpc) is 3.48. The van der Waals surface area contributed by atoms with Crippen molar-refractivity contribution >= 4 is 17.7 Å². The van der Waals surface area contributed by atoms with Gasteiger partial charge in [0.25, 0.3) is 0 Å². The molecule has 3 amide bonds. The Balaban J connectivity index is 1.55. The highest BCUT2D eigenvalue weighted by Crippen LogP contribution is 2.64. The van der Waals surface area contributed by atoms with Gasteiger partial charge in [0.05, 0.1) is 30.1 Å². The zero-order valence-corrected chi connectivity index (χ0v) is 21.4. The van der Waals surface area contributed by atoms with Crippen LogP contribution in [-0.4, -0.2) is 58.1 Å². The van der Waals surface area contributed by atoms with Crippen molar-refractivity contribution in [3.05, 3.63) is 71.8 Å². The fourth-order valence-corrected chi connectivity index (χ4v) is 6.67. The van der Waals surface area contributed by atoms with E-state index in [4.69, 9.17) is 4.74 Å². The lowest BCUT2D eigenvalue weighted by Gasteiger charge is -2.37. The summed E-state index contributed by atoms with van der Waals surface area (Å²) in [5.41, 5.74) is -0.307. The van der Waals surface area contributed by atoms with E-state index in [9.17, 15) is 19.5 Å². The maximum absolute atomic E-state index is 14.2. The van der Waals surface area contributed by atoms with Crippen LogP contribution < -0.4 is 10.6 Å². The SMILES string of the molecule is CCCNC(=O)[C@H]1[C@H]2C(=O)N([C@H](CO)c3ccccc3)C(C(=O)NCc3ccccc3)C23CC[C@]1(C)O3. The van der Waals surface area contributed by atoms with Crippen LogP contribution in [0, 0.1) is 11.8 Å². The van der Waals surface area contributed by atoms with Gasteiger partial charge in [0.15, 0.2) is 0 Å². The molecule has 0 saturated carbocycles. The third kappa shape index (κ3) is 4.12. The standard InChI is InChI=1S/C29H35N3O5/c1-3-16-30-25(34)22-23-27(36)32(21(18-33)20-12-8-5-9-13-20)24(29(23)15-14-28(22,2)37-29)26(35)31-17-19-10-6-4-7-11-19/h4-13,21-24,33H,3,14-18H2,1-2H3,(H,30,34)(H,31,35)/t21-,22-,23+,24?,28+,29?/m1/s1. The second-order valence-electron chi connectivity index (χ2n) is 10.6. The number of nitrogens with zero attached hydrogens (tertiary/aromatic N) is 1.